The van der Waals surface area contributed by atoms with E-state index in [2.05, 4.69) is 4.99 Å². The Kier molecular flexibility index (Phi) is 8.60. The Balaban J connectivity index is 0.00000193. The Hall–Kier alpha value is -2.95. The fourth-order valence-corrected chi connectivity index (χ4v) is 3.67. The summed E-state index contributed by atoms with van der Waals surface area (Å²) < 4.78 is 11.3. The SMILES string of the molecule is CC(N)=Nc1ccc(C(=N)N2CC(Oc3ccc4c(c3C(=O)O)OB(O)CC4)C2)cc1.Cl.Cl. The van der Waals surface area contributed by atoms with Gasteiger partial charge in [-0.3, -0.25) is 5.41 Å². The molecule has 33 heavy (non-hydrogen) atoms. The lowest BCUT2D eigenvalue weighted by molar-refractivity contribution is 0.0597. The van der Waals surface area contributed by atoms with Crippen LogP contribution in [-0.4, -0.2) is 59.0 Å². The third-order valence-electron chi connectivity index (χ3n) is 5.23. The Morgan fingerprint density at radius 1 is 1.24 bits per heavy atom. The van der Waals surface area contributed by atoms with E-state index in [0.29, 0.717) is 37.5 Å². The fraction of sp³-hybridized carbons (Fsp3) is 0.286. The summed E-state index contributed by atoms with van der Waals surface area (Å²) in [5.74, 6) is 0.0305. The predicted octanol–water partition coefficient (Wildman–Crippen LogP) is 2.74. The van der Waals surface area contributed by atoms with E-state index in [1.54, 1.807) is 31.2 Å². The van der Waals surface area contributed by atoms with Crippen LogP contribution in [0, 0.1) is 5.41 Å². The van der Waals surface area contributed by atoms with Crippen LogP contribution in [0.25, 0.3) is 0 Å². The molecule has 0 saturated carbocycles. The first-order valence-electron chi connectivity index (χ1n) is 9.97. The maximum Gasteiger partial charge on any atom is 0.522 e. The molecule has 2 aromatic carbocycles. The summed E-state index contributed by atoms with van der Waals surface area (Å²) in [6.45, 7) is 2.63. The number of nitrogens with zero attached hydrogens (tertiary/aromatic N) is 2. The Morgan fingerprint density at radius 3 is 2.52 bits per heavy atom. The fourth-order valence-electron chi connectivity index (χ4n) is 3.67. The number of amidine groups is 2. The highest BCUT2D eigenvalue weighted by atomic mass is 35.5. The number of ether oxygens (including phenoxy) is 1. The van der Waals surface area contributed by atoms with E-state index in [9.17, 15) is 14.9 Å². The molecule has 176 valence electrons. The van der Waals surface area contributed by atoms with Crippen molar-refractivity contribution in [3.8, 4) is 11.5 Å². The normalized spacial score (nSPS) is 15.3. The molecule has 5 N–H and O–H groups in total. The van der Waals surface area contributed by atoms with Gasteiger partial charge in [-0.2, -0.15) is 0 Å². The number of hydrogen-bond acceptors (Lipinski definition) is 6. The smallest absolute Gasteiger partial charge is 0.522 e. The molecule has 9 nitrogen and oxygen atoms in total. The molecule has 0 bridgehead atoms. The highest BCUT2D eigenvalue weighted by Crippen LogP contribution is 2.37. The Labute approximate surface area is 204 Å². The van der Waals surface area contributed by atoms with Gasteiger partial charge in [0.05, 0.1) is 24.6 Å². The Bertz CT molecular complexity index is 1060. The maximum absolute atomic E-state index is 11.8. The van der Waals surface area contributed by atoms with Crippen molar-refractivity contribution in [3.63, 3.8) is 0 Å². The number of carboxylic acid groups (broad SMARTS) is 1. The van der Waals surface area contributed by atoms with Gasteiger partial charge in [-0.15, -0.1) is 24.8 Å². The van der Waals surface area contributed by atoms with Crippen LogP contribution in [0.4, 0.5) is 5.69 Å². The number of benzene rings is 2. The number of halogens is 2. The summed E-state index contributed by atoms with van der Waals surface area (Å²) in [5.41, 5.74) is 7.72. The standard InChI is InChI=1S/C21H23BN4O5.2ClH/c1-12(23)25-15-5-2-14(3-6-15)20(24)26-10-16(11-26)30-17-7-4-13-8-9-22(29)31-19(13)18(17)21(27)28;;/h2-7,16,24,29H,8-11H2,1H3,(H2,23,25)(H,27,28);2*1H. The van der Waals surface area contributed by atoms with Crippen LogP contribution >= 0.6 is 24.8 Å². The van der Waals surface area contributed by atoms with Crippen molar-refractivity contribution in [2.45, 2.75) is 25.8 Å². The lowest BCUT2D eigenvalue weighted by Crippen LogP contribution is -2.56. The average molecular weight is 495 g/mol. The second kappa shape index (κ2) is 10.8. The molecule has 0 amide bonds. The molecule has 0 aliphatic carbocycles. The van der Waals surface area contributed by atoms with E-state index in [1.807, 2.05) is 17.0 Å². The van der Waals surface area contributed by atoms with Crippen molar-refractivity contribution in [2.24, 2.45) is 10.7 Å². The van der Waals surface area contributed by atoms with Gasteiger partial charge in [-0.1, -0.05) is 6.07 Å². The summed E-state index contributed by atoms with van der Waals surface area (Å²) >= 11 is 0. The van der Waals surface area contributed by atoms with E-state index >= 15 is 0 Å². The van der Waals surface area contributed by atoms with Crippen molar-refractivity contribution in [1.82, 2.24) is 4.90 Å². The van der Waals surface area contributed by atoms with Crippen LogP contribution in [0.1, 0.15) is 28.4 Å². The van der Waals surface area contributed by atoms with E-state index in [1.165, 1.54) is 0 Å². The third-order valence-corrected chi connectivity index (χ3v) is 5.23. The molecule has 2 aromatic rings. The number of aryl methyl sites for hydroxylation is 1. The van der Waals surface area contributed by atoms with E-state index in [0.717, 1.165) is 16.8 Å². The number of aliphatic imine (C=N–C) groups is 1. The van der Waals surface area contributed by atoms with Gasteiger partial charge < -0.3 is 30.2 Å². The van der Waals surface area contributed by atoms with Crippen molar-refractivity contribution in [3.05, 3.63) is 53.1 Å². The third kappa shape index (κ3) is 5.71. The molecular weight excluding hydrogens is 470 g/mol. The summed E-state index contributed by atoms with van der Waals surface area (Å²) in [6.07, 6.45) is 0.708. The van der Waals surface area contributed by atoms with Gasteiger partial charge in [0.2, 0.25) is 0 Å². The lowest BCUT2D eigenvalue weighted by atomic mass is 9.78. The van der Waals surface area contributed by atoms with Crippen LogP contribution in [0.2, 0.25) is 6.32 Å². The first-order chi connectivity index (χ1) is 14.8. The molecule has 0 unspecified atom stereocenters. The van der Waals surface area contributed by atoms with Gasteiger partial charge in [0.15, 0.2) is 0 Å². The van der Waals surface area contributed by atoms with Crippen molar-refractivity contribution < 1.29 is 24.3 Å². The van der Waals surface area contributed by atoms with Crippen LogP contribution in [0.3, 0.4) is 0 Å². The monoisotopic (exact) mass is 494 g/mol. The number of fused-ring (bicyclic) bond motifs is 1. The van der Waals surface area contributed by atoms with Crippen LogP contribution in [0.15, 0.2) is 41.4 Å². The number of hydrogen-bond donors (Lipinski definition) is 4. The number of nitrogens with one attached hydrogen (secondary N) is 1. The second-order valence-corrected chi connectivity index (χ2v) is 7.64. The predicted molar refractivity (Wildman–Crippen MR) is 131 cm³/mol. The number of carboxylic acids is 1. The molecule has 4 rings (SSSR count). The molecule has 2 aliphatic rings. The molecule has 2 aliphatic heterocycles. The minimum absolute atomic E-state index is 0. The van der Waals surface area contributed by atoms with Gasteiger partial charge >= 0.3 is 13.1 Å². The van der Waals surface area contributed by atoms with Gasteiger partial charge in [0.1, 0.15) is 29.0 Å². The Morgan fingerprint density at radius 2 is 1.91 bits per heavy atom. The van der Waals surface area contributed by atoms with E-state index in [-0.39, 0.29) is 48.0 Å². The van der Waals surface area contributed by atoms with Crippen molar-refractivity contribution in [2.75, 3.05) is 13.1 Å². The first-order valence-corrected chi connectivity index (χ1v) is 9.97. The molecule has 0 radical (unpaired) electrons. The number of nitrogens with two attached hydrogens (primary N) is 1. The van der Waals surface area contributed by atoms with Crippen molar-refractivity contribution >= 4 is 55.3 Å². The summed E-state index contributed by atoms with van der Waals surface area (Å²) in [7, 11) is -1.02. The van der Waals surface area contributed by atoms with Gasteiger partial charge in [0.25, 0.3) is 0 Å². The quantitative estimate of drug-likeness (QED) is 0.284. The molecule has 1 fully saturated rings. The second-order valence-electron chi connectivity index (χ2n) is 7.64. The first kappa shape index (κ1) is 26.3. The van der Waals surface area contributed by atoms with Gasteiger partial charge in [-0.25, -0.2) is 9.79 Å². The number of likely N-dealkylation sites (tertiary alicyclic amines) is 1. The zero-order valence-corrected chi connectivity index (χ0v) is 19.5. The average Bonchev–Trinajstić information content (AvgIpc) is 2.69. The zero-order chi connectivity index (χ0) is 22.1. The van der Waals surface area contributed by atoms with E-state index in [4.69, 9.17) is 20.5 Å². The molecule has 2 heterocycles. The number of carbonyl (C=O) groups is 1. The summed E-state index contributed by atoms with van der Waals surface area (Å²) in [5, 5.41) is 27.8. The van der Waals surface area contributed by atoms with Gasteiger partial charge in [0, 0.05) is 5.56 Å². The molecule has 0 atom stereocenters. The molecular formula is C21H25BCl2N4O5. The molecule has 1 saturated heterocycles. The molecule has 12 heteroatoms. The number of rotatable bonds is 5. The zero-order valence-electron chi connectivity index (χ0n) is 17.9. The van der Waals surface area contributed by atoms with Crippen LogP contribution in [0.5, 0.6) is 11.5 Å². The van der Waals surface area contributed by atoms with Gasteiger partial charge in [-0.05, 0) is 55.6 Å². The number of aromatic carboxylic acids is 1. The minimum Gasteiger partial charge on any atom is -0.535 e. The van der Waals surface area contributed by atoms with E-state index < -0.39 is 13.1 Å². The highest BCUT2D eigenvalue weighted by Gasteiger charge is 2.34. The molecule has 0 spiro atoms. The largest absolute Gasteiger partial charge is 0.535 e. The van der Waals surface area contributed by atoms with Crippen LogP contribution in [-0.2, 0) is 6.42 Å². The maximum atomic E-state index is 11.8. The van der Waals surface area contributed by atoms with Crippen molar-refractivity contribution in [1.29, 1.82) is 5.41 Å². The molecule has 0 aromatic heterocycles. The highest BCUT2D eigenvalue weighted by molar-refractivity contribution is 6.44. The topological polar surface area (TPSA) is 141 Å². The lowest BCUT2D eigenvalue weighted by Gasteiger charge is -2.41. The van der Waals surface area contributed by atoms with Crippen LogP contribution < -0.4 is 15.1 Å². The minimum atomic E-state index is -1.17. The summed E-state index contributed by atoms with van der Waals surface area (Å²) in [6, 6.07) is 10.6. The summed E-state index contributed by atoms with van der Waals surface area (Å²) in [4.78, 5) is 17.9.